The van der Waals surface area contributed by atoms with Crippen LogP contribution in [0.15, 0.2) is 23.6 Å². The van der Waals surface area contributed by atoms with E-state index in [-0.39, 0.29) is 12.1 Å². The molecule has 4 nitrogen and oxygen atoms in total. The molecule has 1 rings (SSSR count). The van der Waals surface area contributed by atoms with Crippen molar-refractivity contribution in [2.45, 2.75) is 30.3 Å². The van der Waals surface area contributed by atoms with Gasteiger partial charge in [0.1, 0.15) is 6.33 Å². The number of nitrogens with one attached hydrogen (secondary N) is 1. The lowest BCUT2D eigenvalue weighted by Crippen LogP contribution is -2.43. The predicted octanol–water partition coefficient (Wildman–Crippen LogP) is 1.32. The fraction of sp³-hybridized carbons (Fsp3) is 0.636. The van der Waals surface area contributed by atoms with Gasteiger partial charge in [-0.25, -0.2) is 9.97 Å². The highest BCUT2D eigenvalue weighted by Gasteiger charge is 2.19. The van der Waals surface area contributed by atoms with Crippen LogP contribution in [0.2, 0.25) is 0 Å². The minimum Gasteiger partial charge on any atom is -0.394 e. The van der Waals surface area contributed by atoms with Crippen LogP contribution < -0.4 is 5.32 Å². The summed E-state index contributed by atoms with van der Waals surface area (Å²) in [5.41, 5.74) is -0.160. The summed E-state index contributed by atoms with van der Waals surface area (Å²) in [5.74, 6) is 1.01. The van der Waals surface area contributed by atoms with Gasteiger partial charge in [-0.1, -0.05) is 0 Å². The quantitative estimate of drug-likeness (QED) is 0.428. The highest BCUT2D eigenvalue weighted by atomic mass is 32.2. The molecule has 0 aliphatic heterocycles. The van der Waals surface area contributed by atoms with Crippen LogP contribution in [0.1, 0.15) is 19.8 Å². The molecule has 1 unspecified atom stereocenters. The Morgan fingerprint density at radius 3 is 2.94 bits per heavy atom. The Morgan fingerprint density at radius 1 is 1.56 bits per heavy atom. The first-order chi connectivity index (χ1) is 7.70. The van der Waals surface area contributed by atoms with Gasteiger partial charge in [0.2, 0.25) is 0 Å². The molecule has 0 saturated heterocycles. The molecule has 2 N–H and O–H groups in total. The molecule has 0 aliphatic rings. The number of hydrogen-bond donors (Lipinski definition) is 2. The normalized spacial score (nSPS) is 14.7. The maximum absolute atomic E-state index is 9.21. The summed E-state index contributed by atoms with van der Waals surface area (Å²) in [6.07, 6.45) is 5.32. The van der Waals surface area contributed by atoms with Gasteiger partial charge in [0.15, 0.2) is 0 Å². The first-order valence-corrected chi connectivity index (χ1v) is 6.37. The standard InChI is InChI=1S/C11H19N3OS/c1-11(8-15,12-2)5-3-7-16-10-4-6-13-9-14-10/h4,6,9,12,15H,3,5,7-8H2,1-2H3. The van der Waals surface area contributed by atoms with E-state index in [0.717, 1.165) is 23.6 Å². The van der Waals surface area contributed by atoms with Gasteiger partial charge in [-0.3, -0.25) is 0 Å². The van der Waals surface area contributed by atoms with Crippen LogP contribution in [0, 0.1) is 0 Å². The van der Waals surface area contributed by atoms with Crippen molar-refractivity contribution in [1.82, 2.24) is 15.3 Å². The number of aliphatic hydroxyl groups excluding tert-OH is 1. The summed E-state index contributed by atoms with van der Waals surface area (Å²) < 4.78 is 0. The zero-order valence-electron chi connectivity index (χ0n) is 9.81. The number of rotatable bonds is 7. The molecule has 0 fully saturated rings. The highest BCUT2D eigenvalue weighted by Crippen LogP contribution is 2.18. The topological polar surface area (TPSA) is 58.0 Å². The Bertz CT molecular complexity index is 291. The van der Waals surface area contributed by atoms with Gasteiger partial charge >= 0.3 is 0 Å². The number of hydrogen-bond acceptors (Lipinski definition) is 5. The SMILES string of the molecule is CNC(C)(CO)CCCSc1ccncn1. The molecular formula is C11H19N3OS. The van der Waals surface area contributed by atoms with Crippen LogP contribution >= 0.6 is 11.8 Å². The van der Waals surface area contributed by atoms with Crippen molar-refractivity contribution in [2.75, 3.05) is 19.4 Å². The predicted molar refractivity (Wildman–Crippen MR) is 66.5 cm³/mol. The van der Waals surface area contributed by atoms with E-state index in [1.54, 1.807) is 24.3 Å². The van der Waals surface area contributed by atoms with Crippen LogP contribution in [-0.2, 0) is 0 Å². The lowest BCUT2D eigenvalue weighted by molar-refractivity contribution is 0.173. The Morgan fingerprint density at radius 2 is 2.38 bits per heavy atom. The van der Waals surface area contributed by atoms with Crippen LogP contribution in [0.25, 0.3) is 0 Å². The zero-order valence-corrected chi connectivity index (χ0v) is 10.6. The molecular weight excluding hydrogens is 222 g/mol. The number of aliphatic hydroxyl groups is 1. The van der Waals surface area contributed by atoms with Gasteiger partial charge in [-0.05, 0) is 38.6 Å². The molecule has 1 aromatic rings. The second-order valence-electron chi connectivity index (χ2n) is 3.97. The van der Waals surface area contributed by atoms with Gasteiger partial charge in [0.05, 0.1) is 11.6 Å². The molecule has 1 aromatic heterocycles. The van der Waals surface area contributed by atoms with Gasteiger partial charge in [0, 0.05) is 11.7 Å². The van der Waals surface area contributed by atoms with E-state index >= 15 is 0 Å². The average Bonchev–Trinajstić information content (AvgIpc) is 2.36. The molecule has 16 heavy (non-hydrogen) atoms. The Balaban J connectivity index is 2.22. The summed E-state index contributed by atoms with van der Waals surface area (Å²) in [5, 5.41) is 13.4. The molecule has 0 aliphatic carbocycles. The van der Waals surface area contributed by atoms with Crippen LogP contribution in [0.3, 0.4) is 0 Å². The van der Waals surface area contributed by atoms with E-state index in [9.17, 15) is 5.11 Å². The summed E-state index contributed by atoms with van der Waals surface area (Å²) in [4.78, 5) is 8.01. The molecule has 0 spiro atoms. The third kappa shape index (κ3) is 4.47. The van der Waals surface area contributed by atoms with Crippen LogP contribution in [0.5, 0.6) is 0 Å². The largest absolute Gasteiger partial charge is 0.394 e. The number of likely N-dealkylation sites (N-methyl/N-ethyl adjacent to an activating group) is 1. The fourth-order valence-corrected chi connectivity index (χ4v) is 2.06. The van der Waals surface area contributed by atoms with Gasteiger partial charge in [-0.15, -0.1) is 11.8 Å². The van der Waals surface area contributed by atoms with Crippen molar-refractivity contribution < 1.29 is 5.11 Å². The smallest absolute Gasteiger partial charge is 0.116 e. The molecule has 0 amide bonds. The van der Waals surface area contributed by atoms with Crippen LogP contribution in [-0.4, -0.2) is 40.0 Å². The summed E-state index contributed by atoms with van der Waals surface area (Å²) in [7, 11) is 1.88. The summed E-state index contributed by atoms with van der Waals surface area (Å²) in [6, 6.07) is 1.91. The van der Waals surface area contributed by atoms with E-state index in [2.05, 4.69) is 15.3 Å². The van der Waals surface area contributed by atoms with E-state index in [0.29, 0.717) is 0 Å². The summed E-state index contributed by atoms with van der Waals surface area (Å²) >= 11 is 1.72. The minimum absolute atomic E-state index is 0.160. The van der Waals surface area contributed by atoms with Gasteiger partial charge < -0.3 is 10.4 Å². The maximum Gasteiger partial charge on any atom is 0.116 e. The molecule has 0 bridgehead atoms. The molecule has 0 aromatic carbocycles. The van der Waals surface area contributed by atoms with Crippen molar-refractivity contribution in [3.05, 3.63) is 18.6 Å². The third-order valence-electron chi connectivity index (χ3n) is 2.63. The van der Waals surface area contributed by atoms with Crippen LogP contribution in [0.4, 0.5) is 0 Å². The van der Waals surface area contributed by atoms with Crippen molar-refractivity contribution in [3.63, 3.8) is 0 Å². The monoisotopic (exact) mass is 241 g/mol. The van der Waals surface area contributed by atoms with E-state index < -0.39 is 0 Å². The van der Waals surface area contributed by atoms with Gasteiger partial charge in [-0.2, -0.15) is 0 Å². The third-order valence-corrected chi connectivity index (χ3v) is 3.66. The number of nitrogens with zero attached hydrogens (tertiary/aromatic N) is 2. The minimum atomic E-state index is -0.160. The van der Waals surface area contributed by atoms with Crippen molar-refractivity contribution in [1.29, 1.82) is 0 Å². The second-order valence-corrected chi connectivity index (χ2v) is 5.08. The molecule has 90 valence electrons. The first-order valence-electron chi connectivity index (χ1n) is 5.39. The zero-order chi connectivity index (χ0) is 11.9. The maximum atomic E-state index is 9.21. The Hall–Kier alpha value is -0.650. The first kappa shape index (κ1) is 13.4. The second kappa shape index (κ2) is 6.83. The molecule has 0 saturated carbocycles. The van der Waals surface area contributed by atoms with E-state index in [1.165, 1.54) is 0 Å². The molecule has 5 heteroatoms. The lowest BCUT2D eigenvalue weighted by atomic mass is 9.98. The number of aromatic nitrogens is 2. The number of thioether (sulfide) groups is 1. The fourth-order valence-electron chi connectivity index (χ4n) is 1.29. The average molecular weight is 241 g/mol. The molecule has 0 radical (unpaired) electrons. The highest BCUT2D eigenvalue weighted by molar-refractivity contribution is 7.99. The van der Waals surface area contributed by atoms with Crippen molar-refractivity contribution in [3.8, 4) is 0 Å². The van der Waals surface area contributed by atoms with E-state index in [4.69, 9.17) is 0 Å². The Labute approximate surface area is 101 Å². The van der Waals surface area contributed by atoms with Crippen molar-refractivity contribution in [2.24, 2.45) is 0 Å². The molecule has 1 heterocycles. The molecule has 1 atom stereocenters. The summed E-state index contributed by atoms with van der Waals surface area (Å²) in [6.45, 7) is 2.20. The van der Waals surface area contributed by atoms with Gasteiger partial charge in [0.25, 0.3) is 0 Å². The van der Waals surface area contributed by atoms with E-state index in [1.807, 2.05) is 20.0 Å². The van der Waals surface area contributed by atoms with Crippen molar-refractivity contribution >= 4 is 11.8 Å². The lowest BCUT2D eigenvalue weighted by Gasteiger charge is -2.26. The Kier molecular flexibility index (Phi) is 5.73.